The molecule has 146 valence electrons. The second-order valence-electron chi connectivity index (χ2n) is 5.45. The van der Waals surface area contributed by atoms with E-state index in [4.69, 9.17) is 9.94 Å². The summed E-state index contributed by atoms with van der Waals surface area (Å²) in [5.41, 5.74) is 3.03. The van der Waals surface area contributed by atoms with Crippen LogP contribution in [0.1, 0.15) is 26.2 Å². The van der Waals surface area contributed by atoms with Gasteiger partial charge in [0.1, 0.15) is 12.4 Å². The standard InChI is InChI=1S/C18H23N3O5S/c1-3-4-9-27-10-8-19-13-20-26-15-7-5-6-14(11-15)21(2)16(18(24)25)12-17(22)23/h5-7,11,13,16H,3-4,9,12H2,1-2H3,(H,19,20)(H,22,23)(H,24,25). The van der Waals surface area contributed by atoms with Crippen LogP contribution in [0.25, 0.3) is 0 Å². The van der Waals surface area contributed by atoms with Crippen LogP contribution in [0.2, 0.25) is 0 Å². The number of thioether (sulfide) groups is 1. The summed E-state index contributed by atoms with van der Waals surface area (Å²) in [6, 6.07) is 8.02. The highest BCUT2D eigenvalue weighted by molar-refractivity contribution is 8.03. The first-order valence-electron chi connectivity index (χ1n) is 8.28. The third-order valence-electron chi connectivity index (χ3n) is 3.42. The summed E-state index contributed by atoms with van der Waals surface area (Å²) < 4.78 is 0. The van der Waals surface area contributed by atoms with Crippen LogP contribution in [0.5, 0.6) is 5.75 Å². The number of nitrogens with one attached hydrogen (secondary N) is 1. The molecule has 0 aromatic heterocycles. The SMILES string of the molecule is CCCCSC#CN=CNOc1cccc(N(C)C(CC(=O)O)C(=O)O)c1. The van der Waals surface area contributed by atoms with Gasteiger partial charge < -0.3 is 20.0 Å². The average molecular weight is 393 g/mol. The Bertz CT molecular complexity index is 714. The molecule has 1 aromatic carbocycles. The van der Waals surface area contributed by atoms with Crippen molar-refractivity contribution in [2.45, 2.75) is 32.2 Å². The van der Waals surface area contributed by atoms with E-state index < -0.39 is 24.4 Å². The summed E-state index contributed by atoms with van der Waals surface area (Å²) in [5, 5.41) is 21.0. The van der Waals surface area contributed by atoms with Gasteiger partial charge in [0, 0.05) is 30.6 Å². The van der Waals surface area contributed by atoms with Gasteiger partial charge in [-0.2, -0.15) is 4.99 Å². The average Bonchev–Trinajstić information content (AvgIpc) is 2.64. The number of nitrogens with zero attached hydrogens (tertiary/aromatic N) is 2. The maximum absolute atomic E-state index is 11.3. The Hall–Kier alpha value is -2.86. The molecule has 0 aliphatic rings. The van der Waals surface area contributed by atoms with E-state index in [1.807, 2.05) is 0 Å². The van der Waals surface area contributed by atoms with Crippen molar-refractivity contribution in [3.63, 3.8) is 0 Å². The lowest BCUT2D eigenvalue weighted by atomic mass is 10.1. The van der Waals surface area contributed by atoms with Crippen molar-refractivity contribution in [3.8, 4) is 17.0 Å². The van der Waals surface area contributed by atoms with E-state index in [0.717, 1.165) is 18.6 Å². The Labute approximate surface area is 162 Å². The second-order valence-corrected chi connectivity index (χ2v) is 6.36. The lowest BCUT2D eigenvalue weighted by molar-refractivity contribution is -0.145. The lowest BCUT2D eigenvalue weighted by Gasteiger charge is -2.25. The minimum Gasteiger partial charge on any atom is -0.481 e. The molecule has 0 saturated heterocycles. The molecule has 0 bridgehead atoms. The zero-order chi connectivity index (χ0) is 20.1. The van der Waals surface area contributed by atoms with Gasteiger partial charge in [-0.15, -0.1) is 0 Å². The Morgan fingerprint density at radius 1 is 1.44 bits per heavy atom. The molecule has 8 nitrogen and oxygen atoms in total. The number of anilines is 1. The maximum atomic E-state index is 11.3. The van der Waals surface area contributed by atoms with Crippen LogP contribution >= 0.6 is 11.8 Å². The predicted octanol–water partition coefficient (Wildman–Crippen LogP) is 2.41. The number of aliphatic imine (C=N–C) groups is 1. The van der Waals surface area contributed by atoms with E-state index in [9.17, 15) is 14.7 Å². The Morgan fingerprint density at radius 2 is 2.22 bits per heavy atom. The summed E-state index contributed by atoms with van der Waals surface area (Å²) in [6.07, 6.45) is 3.03. The van der Waals surface area contributed by atoms with E-state index in [1.54, 1.807) is 24.3 Å². The number of unbranched alkanes of at least 4 members (excludes halogenated alkanes) is 1. The highest BCUT2D eigenvalue weighted by Crippen LogP contribution is 2.22. The number of likely N-dealkylation sites (N-methyl/N-ethyl adjacent to an activating group) is 1. The van der Waals surface area contributed by atoms with Crippen LogP contribution in [0.3, 0.4) is 0 Å². The Morgan fingerprint density at radius 3 is 2.89 bits per heavy atom. The van der Waals surface area contributed by atoms with E-state index in [-0.39, 0.29) is 0 Å². The van der Waals surface area contributed by atoms with Gasteiger partial charge in [-0.25, -0.2) is 10.3 Å². The van der Waals surface area contributed by atoms with Crippen molar-refractivity contribution < 1.29 is 24.6 Å². The first-order valence-corrected chi connectivity index (χ1v) is 9.27. The number of benzene rings is 1. The number of aliphatic carboxylic acids is 2. The molecule has 0 spiro atoms. The van der Waals surface area contributed by atoms with Crippen LogP contribution in [0.15, 0.2) is 29.3 Å². The molecular weight excluding hydrogens is 370 g/mol. The normalized spacial score (nSPS) is 11.3. The van der Waals surface area contributed by atoms with Crippen LogP contribution in [-0.4, -0.2) is 47.3 Å². The van der Waals surface area contributed by atoms with Gasteiger partial charge in [-0.3, -0.25) is 4.79 Å². The van der Waals surface area contributed by atoms with Gasteiger partial charge >= 0.3 is 11.9 Å². The number of hydrogen-bond donors (Lipinski definition) is 3. The largest absolute Gasteiger partial charge is 0.481 e. The van der Waals surface area contributed by atoms with Crippen molar-refractivity contribution in [3.05, 3.63) is 24.3 Å². The molecule has 0 amide bonds. The molecule has 0 heterocycles. The van der Waals surface area contributed by atoms with Gasteiger partial charge in [0.15, 0.2) is 5.75 Å². The summed E-state index contributed by atoms with van der Waals surface area (Å²) in [4.78, 5) is 32.7. The molecule has 27 heavy (non-hydrogen) atoms. The van der Waals surface area contributed by atoms with E-state index in [0.29, 0.717) is 11.4 Å². The lowest BCUT2D eigenvalue weighted by Crippen LogP contribution is -2.40. The predicted molar refractivity (Wildman–Crippen MR) is 106 cm³/mol. The maximum Gasteiger partial charge on any atom is 0.326 e. The third kappa shape index (κ3) is 8.87. The molecular formula is C18H23N3O5S. The highest BCUT2D eigenvalue weighted by atomic mass is 32.2. The third-order valence-corrected chi connectivity index (χ3v) is 4.15. The van der Waals surface area contributed by atoms with Crippen molar-refractivity contribution >= 4 is 35.7 Å². The number of hydroxylamine groups is 1. The smallest absolute Gasteiger partial charge is 0.326 e. The molecule has 9 heteroatoms. The summed E-state index contributed by atoms with van der Waals surface area (Å²) in [7, 11) is 1.52. The molecule has 1 aromatic rings. The van der Waals surface area contributed by atoms with Crippen molar-refractivity contribution in [1.82, 2.24) is 5.48 Å². The van der Waals surface area contributed by atoms with E-state index in [1.165, 1.54) is 30.0 Å². The number of carboxylic acid groups (broad SMARTS) is 2. The summed E-state index contributed by atoms with van der Waals surface area (Å²) in [5.74, 6) is -1.02. The fourth-order valence-corrected chi connectivity index (χ4v) is 2.63. The van der Waals surface area contributed by atoms with E-state index in [2.05, 4.69) is 28.7 Å². The van der Waals surface area contributed by atoms with Gasteiger partial charge in [0.05, 0.1) is 6.42 Å². The van der Waals surface area contributed by atoms with Crippen LogP contribution in [0.4, 0.5) is 5.69 Å². The zero-order valence-electron chi connectivity index (χ0n) is 15.2. The number of hydrogen-bond acceptors (Lipinski definition) is 6. The molecule has 1 rings (SSSR count). The quantitative estimate of drug-likeness (QED) is 0.173. The molecule has 0 radical (unpaired) electrons. The van der Waals surface area contributed by atoms with Gasteiger partial charge in [0.2, 0.25) is 0 Å². The fraction of sp³-hybridized carbons (Fsp3) is 0.389. The Balaban J connectivity index is 2.60. The topological polar surface area (TPSA) is 111 Å². The van der Waals surface area contributed by atoms with Gasteiger partial charge in [0.25, 0.3) is 0 Å². The first-order chi connectivity index (χ1) is 13.0. The summed E-state index contributed by atoms with van der Waals surface area (Å²) in [6.45, 7) is 2.12. The minimum absolute atomic E-state index is 0.413. The molecule has 0 fully saturated rings. The van der Waals surface area contributed by atoms with Crippen LogP contribution in [-0.2, 0) is 9.59 Å². The van der Waals surface area contributed by atoms with Crippen molar-refractivity contribution in [2.24, 2.45) is 4.99 Å². The molecule has 0 aliphatic heterocycles. The first kappa shape index (κ1) is 22.2. The van der Waals surface area contributed by atoms with E-state index >= 15 is 0 Å². The molecule has 3 N–H and O–H groups in total. The summed E-state index contributed by atoms with van der Waals surface area (Å²) >= 11 is 1.51. The Kier molecular flexibility index (Phi) is 10.3. The number of carboxylic acids is 2. The minimum atomic E-state index is -1.22. The fourth-order valence-electron chi connectivity index (χ4n) is 1.98. The molecule has 0 saturated carbocycles. The highest BCUT2D eigenvalue weighted by Gasteiger charge is 2.26. The van der Waals surface area contributed by atoms with Gasteiger partial charge in [-0.05, 0) is 23.8 Å². The van der Waals surface area contributed by atoms with Crippen LogP contribution < -0.4 is 15.2 Å². The van der Waals surface area contributed by atoms with Gasteiger partial charge in [-0.1, -0.05) is 31.2 Å². The monoisotopic (exact) mass is 393 g/mol. The number of rotatable bonds is 11. The molecule has 1 atom stereocenters. The molecule has 0 aliphatic carbocycles. The zero-order valence-corrected chi connectivity index (χ0v) is 16.0. The second kappa shape index (κ2) is 12.5. The van der Waals surface area contributed by atoms with Crippen molar-refractivity contribution in [2.75, 3.05) is 17.7 Å². The number of carbonyl (C=O) groups is 2. The molecule has 1 unspecified atom stereocenters. The van der Waals surface area contributed by atoms with Crippen LogP contribution in [0, 0.1) is 11.3 Å². The van der Waals surface area contributed by atoms with Crippen molar-refractivity contribution in [1.29, 1.82) is 0 Å².